The molecule has 2 unspecified atom stereocenters. The number of halogens is 3. The summed E-state index contributed by atoms with van der Waals surface area (Å²) in [6, 6.07) is 14.5. The number of carbonyl (C=O) groups excluding carboxylic acids is 3. The summed E-state index contributed by atoms with van der Waals surface area (Å²) in [6.45, 7) is 2.86. The maximum absolute atomic E-state index is 13.3. The average Bonchev–Trinajstić information content (AvgIpc) is 3.20. The van der Waals surface area contributed by atoms with Gasteiger partial charge in [-0.1, -0.05) is 83.3 Å². The van der Waals surface area contributed by atoms with Crippen molar-refractivity contribution in [3.8, 4) is 0 Å². The molecule has 36 heavy (non-hydrogen) atoms. The molecule has 5 N–H and O–H groups in total. The number of carbonyl (C=O) groups is 3. The molecule has 3 amide bonds. The van der Waals surface area contributed by atoms with Crippen molar-refractivity contribution >= 4 is 63.6 Å². The molecular formula is C25H27Cl3N4O4. The number of hydrogen-bond donors (Lipinski definition) is 4. The Labute approximate surface area is 223 Å². The molecule has 2 aromatic carbocycles. The van der Waals surface area contributed by atoms with Gasteiger partial charge < -0.3 is 26.1 Å². The van der Waals surface area contributed by atoms with E-state index in [2.05, 4.69) is 15.6 Å². The van der Waals surface area contributed by atoms with Gasteiger partial charge in [0, 0.05) is 29.9 Å². The van der Waals surface area contributed by atoms with E-state index in [1.807, 2.05) is 54.6 Å². The Bertz CT molecular complexity index is 1220. The number of nitrogens with one attached hydrogen (secondary N) is 3. The quantitative estimate of drug-likeness (QED) is 0.297. The predicted octanol–water partition coefficient (Wildman–Crippen LogP) is 4.17. The summed E-state index contributed by atoms with van der Waals surface area (Å²) in [5.74, 6) is -1.33. The number of alkyl carbamates (subject to hydrolysis) is 1. The summed E-state index contributed by atoms with van der Waals surface area (Å²) in [5.41, 5.74) is 6.51. The molecule has 0 aliphatic rings. The minimum absolute atomic E-state index is 0.0932. The Kier molecular flexibility index (Phi) is 8.76. The Morgan fingerprint density at radius 2 is 1.58 bits per heavy atom. The van der Waals surface area contributed by atoms with Crippen LogP contribution >= 0.6 is 34.8 Å². The van der Waals surface area contributed by atoms with Crippen molar-refractivity contribution < 1.29 is 19.1 Å². The fourth-order valence-corrected chi connectivity index (χ4v) is 3.65. The van der Waals surface area contributed by atoms with Gasteiger partial charge in [-0.3, -0.25) is 9.59 Å². The van der Waals surface area contributed by atoms with Crippen LogP contribution in [0.5, 0.6) is 0 Å². The lowest BCUT2D eigenvalue weighted by Crippen LogP contribution is -2.55. The third kappa shape index (κ3) is 7.06. The van der Waals surface area contributed by atoms with E-state index in [-0.39, 0.29) is 12.8 Å². The molecule has 0 spiro atoms. The lowest BCUT2D eigenvalue weighted by molar-refractivity contribution is -0.128. The van der Waals surface area contributed by atoms with Crippen LogP contribution in [0, 0.1) is 0 Å². The van der Waals surface area contributed by atoms with E-state index in [0.29, 0.717) is 0 Å². The molecular weight excluding hydrogens is 527 g/mol. The van der Waals surface area contributed by atoms with E-state index in [1.54, 1.807) is 6.20 Å². The first-order valence-electron chi connectivity index (χ1n) is 11.1. The van der Waals surface area contributed by atoms with Crippen LogP contribution in [0.2, 0.25) is 0 Å². The largest absolute Gasteiger partial charge is 0.439 e. The van der Waals surface area contributed by atoms with E-state index < -0.39 is 39.4 Å². The number of nitrogens with two attached hydrogens (primary N) is 1. The second-order valence-electron chi connectivity index (χ2n) is 8.81. The van der Waals surface area contributed by atoms with Crippen LogP contribution in [0.4, 0.5) is 4.79 Å². The number of aromatic nitrogens is 1. The summed E-state index contributed by atoms with van der Waals surface area (Å²) in [4.78, 5) is 41.3. The zero-order chi connectivity index (χ0) is 26.5. The summed E-state index contributed by atoms with van der Waals surface area (Å²) in [6.07, 6.45) is 1.06. The highest BCUT2D eigenvalue weighted by atomic mass is 35.6. The number of benzene rings is 2. The van der Waals surface area contributed by atoms with Crippen molar-refractivity contribution in [2.75, 3.05) is 0 Å². The average molecular weight is 554 g/mol. The summed E-state index contributed by atoms with van der Waals surface area (Å²) in [7, 11) is 0. The zero-order valence-electron chi connectivity index (χ0n) is 19.7. The number of amides is 3. The van der Waals surface area contributed by atoms with Gasteiger partial charge in [-0.05, 0) is 31.0 Å². The highest BCUT2D eigenvalue weighted by molar-refractivity contribution is 6.68. The monoisotopic (exact) mass is 552 g/mol. The number of H-pyrrole nitrogens is 1. The summed E-state index contributed by atoms with van der Waals surface area (Å²) >= 11 is 17.8. The van der Waals surface area contributed by atoms with Gasteiger partial charge >= 0.3 is 6.09 Å². The van der Waals surface area contributed by atoms with E-state index >= 15 is 0 Å². The van der Waals surface area contributed by atoms with Crippen molar-refractivity contribution in [2.24, 2.45) is 5.73 Å². The Morgan fingerprint density at radius 1 is 0.944 bits per heavy atom. The first-order chi connectivity index (χ1) is 16.9. The van der Waals surface area contributed by atoms with Gasteiger partial charge in [-0.25, -0.2) is 4.79 Å². The van der Waals surface area contributed by atoms with Crippen molar-refractivity contribution in [1.82, 2.24) is 15.6 Å². The summed E-state index contributed by atoms with van der Waals surface area (Å²) in [5, 5.41) is 6.07. The normalized spacial score (nSPS) is 13.6. The lowest BCUT2D eigenvalue weighted by atomic mass is 10.0. The molecule has 2 atom stereocenters. The number of rotatable bonds is 9. The molecule has 3 rings (SSSR count). The van der Waals surface area contributed by atoms with Crippen molar-refractivity contribution in [1.29, 1.82) is 0 Å². The van der Waals surface area contributed by atoms with Gasteiger partial charge in [0.05, 0.1) is 0 Å². The SMILES string of the molecule is CC(C)(OC(=O)NC(Cc1c[nH]c2ccccc12)C(=O)NC(Cc1ccccc1)C(N)=O)C(Cl)(Cl)Cl. The third-order valence-electron chi connectivity index (χ3n) is 5.68. The maximum atomic E-state index is 13.3. The van der Waals surface area contributed by atoms with Gasteiger partial charge in [0.15, 0.2) is 5.60 Å². The van der Waals surface area contributed by atoms with Gasteiger partial charge in [-0.15, -0.1) is 0 Å². The smallest absolute Gasteiger partial charge is 0.408 e. The first-order valence-corrected chi connectivity index (χ1v) is 12.3. The minimum atomic E-state index is -1.91. The second kappa shape index (κ2) is 11.4. The molecule has 11 heteroatoms. The fourth-order valence-electron chi connectivity index (χ4n) is 3.54. The standard InChI is InChI=1S/C25H27Cl3N4O4/c1-24(2,25(26,27)28)36-23(35)32-20(13-16-14-30-18-11-7-6-10-17(16)18)22(34)31-19(21(29)33)12-15-8-4-3-5-9-15/h3-11,14,19-20,30H,12-13H2,1-2H3,(H2,29,33)(H,31,34)(H,32,35). The van der Waals surface area contributed by atoms with Gasteiger partial charge in [0.25, 0.3) is 0 Å². The molecule has 0 radical (unpaired) electrons. The molecule has 8 nitrogen and oxygen atoms in total. The Morgan fingerprint density at radius 3 is 2.22 bits per heavy atom. The zero-order valence-corrected chi connectivity index (χ0v) is 22.0. The molecule has 0 aliphatic heterocycles. The van der Waals surface area contributed by atoms with Crippen LogP contribution in [-0.2, 0) is 27.2 Å². The maximum Gasteiger partial charge on any atom is 0.408 e. The molecule has 192 valence electrons. The van der Waals surface area contributed by atoms with Gasteiger partial charge in [-0.2, -0.15) is 0 Å². The van der Waals surface area contributed by atoms with Crippen LogP contribution in [0.1, 0.15) is 25.0 Å². The van der Waals surface area contributed by atoms with Crippen LogP contribution < -0.4 is 16.4 Å². The Hall–Kier alpha value is -2.94. The van der Waals surface area contributed by atoms with E-state index in [4.69, 9.17) is 45.3 Å². The predicted molar refractivity (Wildman–Crippen MR) is 141 cm³/mol. The molecule has 0 bridgehead atoms. The third-order valence-corrected chi connectivity index (χ3v) is 7.05. The number of aromatic amines is 1. The van der Waals surface area contributed by atoms with Crippen LogP contribution in [0.15, 0.2) is 60.8 Å². The van der Waals surface area contributed by atoms with Crippen LogP contribution in [-0.4, -0.2) is 44.4 Å². The number of primary amides is 1. The van der Waals surface area contributed by atoms with E-state index in [1.165, 1.54) is 13.8 Å². The highest BCUT2D eigenvalue weighted by Crippen LogP contribution is 2.40. The van der Waals surface area contributed by atoms with E-state index in [0.717, 1.165) is 22.0 Å². The number of alkyl halides is 3. The summed E-state index contributed by atoms with van der Waals surface area (Å²) < 4.78 is 3.40. The molecule has 1 aromatic heterocycles. The molecule has 3 aromatic rings. The van der Waals surface area contributed by atoms with Crippen LogP contribution in [0.3, 0.4) is 0 Å². The number of hydrogen-bond acceptors (Lipinski definition) is 4. The van der Waals surface area contributed by atoms with Crippen molar-refractivity contribution in [3.05, 3.63) is 71.9 Å². The highest BCUT2D eigenvalue weighted by Gasteiger charge is 2.44. The minimum Gasteiger partial charge on any atom is -0.439 e. The first kappa shape index (κ1) is 27.6. The second-order valence-corrected chi connectivity index (χ2v) is 11.1. The van der Waals surface area contributed by atoms with Crippen molar-refractivity contribution in [3.63, 3.8) is 0 Å². The van der Waals surface area contributed by atoms with Gasteiger partial charge in [0.1, 0.15) is 12.1 Å². The topological polar surface area (TPSA) is 126 Å². The molecule has 0 aliphatic carbocycles. The van der Waals surface area contributed by atoms with Crippen LogP contribution in [0.25, 0.3) is 10.9 Å². The van der Waals surface area contributed by atoms with Crippen molar-refractivity contribution in [2.45, 2.75) is 48.2 Å². The molecule has 0 saturated heterocycles. The number of fused-ring (bicyclic) bond motifs is 1. The van der Waals surface area contributed by atoms with Gasteiger partial charge in [0.2, 0.25) is 15.6 Å². The number of ether oxygens (including phenoxy) is 1. The Balaban J connectivity index is 1.83. The number of para-hydroxylation sites is 1. The fraction of sp³-hybridized carbons (Fsp3) is 0.320. The molecule has 1 heterocycles. The van der Waals surface area contributed by atoms with E-state index in [9.17, 15) is 14.4 Å². The molecule has 0 saturated carbocycles. The molecule has 0 fully saturated rings. The lowest BCUT2D eigenvalue weighted by Gasteiger charge is -2.32.